The molecule has 1 aliphatic carbocycles. The van der Waals surface area contributed by atoms with Crippen molar-refractivity contribution in [2.45, 2.75) is 83.8 Å². The number of fused-ring (bicyclic) bond motifs is 3. The normalized spacial score (nSPS) is 21.9. The summed E-state index contributed by atoms with van der Waals surface area (Å²) < 4.78 is 1.95. The molecule has 2 heterocycles. The number of rotatable bonds is 8. The summed E-state index contributed by atoms with van der Waals surface area (Å²) in [5.41, 5.74) is 0.776. The molecule has 2 amide bonds. The van der Waals surface area contributed by atoms with Crippen LogP contribution >= 0.6 is 0 Å². The number of para-hydroxylation sites is 2. The second kappa shape index (κ2) is 10.2. The molecule has 1 atom stereocenters. The Kier molecular flexibility index (Phi) is 7.37. The molecular weight excluding hydrogens is 414 g/mol. The predicted octanol–water partition coefficient (Wildman–Crippen LogP) is 3.82. The molecule has 0 bridgehead atoms. The summed E-state index contributed by atoms with van der Waals surface area (Å²) in [6.45, 7) is 10.1. The Labute approximate surface area is 197 Å². The lowest BCUT2D eigenvalue weighted by atomic mass is 9.93. The molecule has 4 rings (SSSR count). The average molecular weight is 454 g/mol. The Morgan fingerprint density at radius 2 is 1.85 bits per heavy atom. The number of aromatic nitrogens is 2. The quantitative estimate of drug-likeness (QED) is 0.617. The molecule has 7 heteroatoms. The van der Waals surface area contributed by atoms with Crippen LogP contribution in [0.1, 0.15) is 76.3 Å². The molecule has 1 fully saturated rings. The van der Waals surface area contributed by atoms with Crippen LogP contribution in [0.3, 0.4) is 0 Å². The smallest absolute Gasteiger partial charge is 0.290 e. The van der Waals surface area contributed by atoms with Gasteiger partial charge in [-0.3, -0.25) is 9.59 Å². The van der Waals surface area contributed by atoms with Crippen LogP contribution in [0.2, 0.25) is 0 Å². The first-order valence-electron chi connectivity index (χ1n) is 12.8. The zero-order valence-corrected chi connectivity index (χ0v) is 20.5. The maximum absolute atomic E-state index is 13.8. The van der Waals surface area contributed by atoms with Crippen LogP contribution in [0.4, 0.5) is 0 Å². The summed E-state index contributed by atoms with van der Waals surface area (Å²) >= 11 is 0. The third kappa shape index (κ3) is 4.79. The van der Waals surface area contributed by atoms with E-state index in [-0.39, 0.29) is 17.9 Å². The van der Waals surface area contributed by atoms with Gasteiger partial charge in [0.2, 0.25) is 5.91 Å². The van der Waals surface area contributed by atoms with Crippen molar-refractivity contribution in [1.29, 1.82) is 0 Å². The summed E-state index contributed by atoms with van der Waals surface area (Å²) in [5, 5.41) is 3.34. The molecule has 0 spiro atoms. The molecule has 180 valence electrons. The summed E-state index contributed by atoms with van der Waals surface area (Å²) in [7, 11) is 0. The minimum atomic E-state index is -0.941. The van der Waals surface area contributed by atoms with Gasteiger partial charge in [-0.1, -0.05) is 51.7 Å². The van der Waals surface area contributed by atoms with E-state index in [0.717, 1.165) is 62.8 Å². The van der Waals surface area contributed by atoms with E-state index in [1.165, 1.54) is 12.8 Å². The zero-order valence-electron chi connectivity index (χ0n) is 20.5. The molecule has 1 aromatic carbocycles. The minimum absolute atomic E-state index is 0.0333. The van der Waals surface area contributed by atoms with Crippen LogP contribution in [-0.2, 0) is 11.3 Å². The molecular formula is C26H39N5O2. The lowest BCUT2D eigenvalue weighted by molar-refractivity contribution is -0.133. The second-order valence-electron chi connectivity index (χ2n) is 9.78. The fraction of sp³-hybridized carbons (Fsp3) is 0.654. The number of carbonyl (C=O) groups excluding carboxylic acids is 2. The number of hydrogen-bond donors (Lipinski definition) is 1. The third-order valence-electron chi connectivity index (χ3n) is 7.58. The van der Waals surface area contributed by atoms with E-state index in [4.69, 9.17) is 0 Å². The van der Waals surface area contributed by atoms with Crippen LogP contribution < -0.4 is 5.32 Å². The van der Waals surface area contributed by atoms with Gasteiger partial charge in [0, 0.05) is 12.6 Å². The third-order valence-corrected chi connectivity index (χ3v) is 7.58. The van der Waals surface area contributed by atoms with Crippen molar-refractivity contribution in [3.8, 4) is 0 Å². The van der Waals surface area contributed by atoms with Crippen molar-refractivity contribution in [3.63, 3.8) is 0 Å². The van der Waals surface area contributed by atoms with Gasteiger partial charge >= 0.3 is 0 Å². The van der Waals surface area contributed by atoms with Gasteiger partial charge in [-0.2, -0.15) is 0 Å². The lowest BCUT2D eigenvalue weighted by Gasteiger charge is -2.44. The second-order valence-corrected chi connectivity index (χ2v) is 9.78. The van der Waals surface area contributed by atoms with Crippen LogP contribution in [0, 0.1) is 0 Å². The van der Waals surface area contributed by atoms with Crippen molar-refractivity contribution in [3.05, 3.63) is 30.1 Å². The van der Waals surface area contributed by atoms with Crippen LogP contribution in [0.5, 0.6) is 0 Å². The van der Waals surface area contributed by atoms with E-state index in [1.807, 2.05) is 35.8 Å². The Balaban J connectivity index is 1.62. The number of benzene rings is 1. The molecule has 1 N–H and O–H groups in total. The van der Waals surface area contributed by atoms with Crippen molar-refractivity contribution < 1.29 is 9.59 Å². The van der Waals surface area contributed by atoms with E-state index in [2.05, 4.69) is 29.0 Å². The van der Waals surface area contributed by atoms with Crippen molar-refractivity contribution in [1.82, 2.24) is 24.7 Å². The van der Waals surface area contributed by atoms with E-state index < -0.39 is 5.54 Å². The largest absolute Gasteiger partial charge is 0.351 e. The fourth-order valence-electron chi connectivity index (χ4n) is 5.44. The highest BCUT2D eigenvalue weighted by molar-refractivity contribution is 6.01. The van der Waals surface area contributed by atoms with Crippen molar-refractivity contribution >= 4 is 22.8 Å². The summed E-state index contributed by atoms with van der Waals surface area (Å²) in [5.74, 6) is 0.267. The van der Waals surface area contributed by atoms with Gasteiger partial charge < -0.3 is 19.7 Å². The highest BCUT2D eigenvalue weighted by Gasteiger charge is 2.48. The lowest BCUT2D eigenvalue weighted by Crippen LogP contribution is -2.65. The molecule has 1 saturated carbocycles. The number of nitrogens with one attached hydrogen (secondary N) is 1. The predicted molar refractivity (Wildman–Crippen MR) is 131 cm³/mol. The number of carbonyl (C=O) groups is 2. The number of nitrogens with zero attached hydrogens (tertiary/aromatic N) is 4. The Morgan fingerprint density at radius 1 is 1.15 bits per heavy atom. The maximum Gasteiger partial charge on any atom is 0.290 e. The standard InChI is InChI=1S/C26H39N5O2/c1-4-29(5-2)17-12-18-31-24(32)23-28-21-15-10-11-16-22(21)30(23)19-26(31,3)25(33)27-20-13-8-6-7-9-14-20/h10-11,15-16,20H,4-9,12-14,17-19H2,1-3H3,(H,27,33). The molecule has 0 saturated heterocycles. The molecule has 1 aliphatic heterocycles. The number of amides is 2. The average Bonchev–Trinajstić information content (AvgIpc) is 2.99. The highest BCUT2D eigenvalue weighted by Crippen LogP contribution is 2.31. The summed E-state index contributed by atoms with van der Waals surface area (Å²) in [6, 6.07) is 8.01. The van der Waals surface area contributed by atoms with Gasteiger partial charge in [0.1, 0.15) is 5.54 Å². The molecule has 2 aromatic rings. The van der Waals surface area contributed by atoms with Crippen LogP contribution in [0.25, 0.3) is 11.0 Å². The van der Waals surface area contributed by atoms with E-state index in [0.29, 0.717) is 18.9 Å². The van der Waals surface area contributed by atoms with Gasteiger partial charge in [0.05, 0.1) is 17.6 Å². The first-order valence-corrected chi connectivity index (χ1v) is 12.8. The first-order chi connectivity index (χ1) is 16.0. The molecule has 7 nitrogen and oxygen atoms in total. The topological polar surface area (TPSA) is 70.5 Å². The van der Waals surface area contributed by atoms with Gasteiger partial charge in [0.25, 0.3) is 5.91 Å². The molecule has 0 radical (unpaired) electrons. The van der Waals surface area contributed by atoms with Gasteiger partial charge in [0.15, 0.2) is 5.82 Å². The van der Waals surface area contributed by atoms with Crippen LogP contribution in [0.15, 0.2) is 24.3 Å². The maximum atomic E-state index is 13.8. The van der Waals surface area contributed by atoms with E-state index >= 15 is 0 Å². The molecule has 33 heavy (non-hydrogen) atoms. The first kappa shape index (κ1) is 23.7. The fourth-order valence-corrected chi connectivity index (χ4v) is 5.44. The molecule has 1 unspecified atom stereocenters. The van der Waals surface area contributed by atoms with E-state index in [9.17, 15) is 9.59 Å². The highest BCUT2D eigenvalue weighted by atomic mass is 16.2. The van der Waals surface area contributed by atoms with Crippen molar-refractivity contribution in [2.75, 3.05) is 26.2 Å². The Morgan fingerprint density at radius 3 is 2.55 bits per heavy atom. The number of hydrogen-bond acceptors (Lipinski definition) is 4. The van der Waals surface area contributed by atoms with Gasteiger partial charge in [-0.15, -0.1) is 0 Å². The van der Waals surface area contributed by atoms with Crippen molar-refractivity contribution in [2.24, 2.45) is 0 Å². The SMILES string of the molecule is CCN(CC)CCCN1C(=O)c2nc3ccccc3n2CC1(C)C(=O)NC1CCCCCC1. The van der Waals surface area contributed by atoms with E-state index in [1.54, 1.807) is 4.90 Å². The summed E-state index contributed by atoms with van der Waals surface area (Å²) in [4.78, 5) is 36.3. The van der Waals surface area contributed by atoms with Gasteiger partial charge in [-0.25, -0.2) is 4.98 Å². The number of imidazole rings is 1. The van der Waals surface area contributed by atoms with Crippen LogP contribution in [-0.4, -0.2) is 68.9 Å². The minimum Gasteiger partial charge on any atom is -0.351 e. The Bertz CT molecular complexity index is 974. The Hall–Kier alpha value is -2.41. The van der Waals surface area contributed by atoms with Gasteiger partial charge in [-0.05, 0) is 58.0 Å². The zero-order chi connectivity index (χ0) is 23.4. The molecule has 2 aliphatic rings. The summed E-state index contributed by atoms with van der Waals surface area (Å²) in [6.07, 6.45) is 7.68. The monoisotopic (exact) mass is 453 g/mol. The molecule has 1 aromatic heterocycles.